The van der Waals surface area contributed by atoms with Crippen LogP contribution in [-0.4, -0.2) is 36.2 Å². The van der Waals surface area contributed by atoms with E-state index in [4.69, 9.17) is 4.74 Å². The van der Waals surface area contributed by atoms with Gasteiger partial charge < -0.3 is 15.4 Å². The van der Waals surface area contributed by atoms with Gasteiger partial charge in [0.25, 0.3) is 5.91 Å². The van der Waals surface area contributed by atoms with Crippen LogP contribution in [0.25, 0.3) is 0 Å². The largest absolute Gasteiger partial charge is 0.385 e. The molecule has 0 radical (unpaired) electrons. The van der Waals surface area contributed by atoms with Crippen molar-refractivity contribution in [1.82, 2.24) is 10.3 Å². The number of nitrogens with one attached hydrogen (secondary N) is 2. The van der Waals surface area contributed by atoms with E-state index in [1.807, 2.05) is 13.0 Å². The number of aromatic nitrogens is 1. The molecular formula is C15H23N3O2. The fourth-order valence-corrected chi connectivity index (χ4v) is 2.32. The van der Waals surface area contributed by atoms with Crippen molar-refractivity contribution in [3.05, 3.63) is 24.0 Å². The van der Waals surface area contributed by atoms with E-state index in [0.29, 0.717) is 12.3 Å². The molecule has 2 rings (SSSR count). The molecule has 1 aliphatic rings. The van der Waals surface area contributed by atoms with Gasteiger partial charge >= 0.3 is 0 Å². The lowest BCUT2D eigenvalue weighted by Crippen LogP contribution is -2.41. The van der Waals surface area contributed by atoms with Crippen LogP contribution in [0.1, 0.15) is 43.6 Å². The molecule has 0 aromatic carbocycles. The summed E-state index contributed by atoms with van der Waals surface area (Å²) in [6, 6.07) is 3.86. The number of amides is 1. The average molecular weight is 277 g/mol. The van der Waals surface area contributed by atoms with E-state index in [9.17, 15) is 4.79 Å². The number of ether oxygens (including phenoxy) is 1. The maximum absolute atomic E-state index is 12.2. The molecule has 0 bridgehead atoms. The molecule has 1 aliphatic heterocycles. The number of rotatable bonds is 5. The molecule has 1 amide bonds. The molecular weight excluding hydrogens is 254 g/mol. The van der Waals surface area contributed by atoms with Crippen LogP contribution >= 0.6 is 0 Å². The van der Waals surface area contributed by atoms with Gasteiger partial charge in [0.2, 0.25) is 0 Å². The highest BCUT2D eigenvalue weighted by Gasteiger charge is 2.21. The SMILES string of the molecule is CCCNc1ccnc(C(=O)NC2CCOC(C)C2)c1. The van der Waals surface area contributed by atoms with Gasteiger partial charge in [-0.2, -0.15) is 0 Å². The Kier molecular flexibility index (Phi) is 5.35. The Labute approximate surface area is 120 Å². The summed E-state index contributed by atoms with van der Waals surface area (Å²) in [5.74, 6) is -0.107. The van der Waals surface area contributed by atoms with Crippen LogP contribution in [0.2, 0.25) is 0 Å². The van der Waals surface area contributed by atoms with Crippen molar-refractivity contribution in [1.29, 1.82) is 0 Å². The molecule has 5 heteroatoms. The number of carbonyl (C=O) groups is 1. The van der Waals surface area contributed by atoms with Gasteiger partial charge in [-0.15, -0.1) is 0 Å². The van der Waals surface area contributed by atoms with Gasteiger partial charge in [-0.25, -0.2) is 0 Å². The quantitative estimate of drug-likeness (QED) is 0.866. The average Bonchev–Trinajstić information content (AvgIpc) is 2.45. The molecule has 1 saturated heterocycles. The second-order valence-electron chi connectivity index (χ2n) is 5.23. The normalized spacial score (nSPS) is 22.3. The van der Waals surface area contributed by atoms with E-state index in [1.54, 1.807) is 12.3 Å². The van der Waals surface area contributed by atoms with Crippen molar-refractivity contribution in [3.8, 4) is 0 Å². The van der Waals surface area contributed by atoms with Gasteiger partial charge in [0.15, 0.2) is 0 Å². The zero-order valence-corrected chi connectivity index (χ0v) is 12.2. The first-order valence-corrected chi connectivity index (χ1v) is 7.31. The number of nitrogens with zero attached hydrogens (tertiary/aromatic N) is 1. The van der Waals surface area contributed by atoms with Crippen LogP contribution in [0.4, 0.5) is 5.69 Å². The molecule has 1 aromatic heterocycles. The molecule has 110 valence electrons. The lowest BCUT2D eigenvalue weighted by atomic mass is 10.0. The number of anilines is 1. The summed E-state index contributed by atoms with van der Waals surface area (Å²) in [5.41, 5.74) is 1.40. The predicted octanol–water partition coefficient (Wildman–Crippen LogP) is 2.20. The van der Waals surface area contributed by atoms with E-state index in [-0.39, 0.29) is 18.1 Å². The van der Waals surface area contributed by atoms with Crippen molar-refractivity contribution in [3.63, 3.8) is 0 Å². The lowest BCUT2D eigenvalue weighted by molar-refractivity contribution is 0.0136. The fraction of sp³-hybridized carbons (Fsp3) is 0.600. The highest BCUT2D eigenvalue weighted by Crippen LogP contribution is 2.14. The molecule has 2 unspecified atom stereocenters. The number of hydrogen-bond donors (Lipinski definition) is 2. The second kappa shape index (κ2) is 7.24. The van der Waals surface area contributed by atoms with Gasteiger partial charge in [0.05, 0.1) is 6.10 Å². The molecule has 2 heterocycles. The summed E-state index contributed by atoms with van der Waals surface area (Å²) in [6.45, 7) is 5.74. The highest BCUT2D eigenvalue weighted by molar-refractivity contribution is 5.93. The molecule has 0 spiro atoms. The van der Waals surface area contributed by atoms with Gasteiger partial charge in [0.1, 0.15) is 5.69 Å². The van der Waals surface area contributed by atoms with Gasteiger partial charge in [-0.1, -0.05) is 6.92 Å². The summed E-state index contributed by atoms with van der Waals surface area (Å²) in [7, 11) is 0. The first-order valence-electron chi connectivity index (χ1n) is 7.31. The van der Waals surface area contributed by atoms with E-state index in [1.165, 1.54) is 0 Å². The lowest BCUT2D eigenvalue weighted by Gasteiger charge is -2.27. The second-order valence-corrected chi connectivity index (χ2v) is 5.23. The van der Waals surface area contributed by atoms with Gasteiger partial charge in [-0.05, 0) is 38.3 Å². The summed E-state index contributed by atoms with van der Waals surface area (Å²) >= 11 is 0. The van der Waals surface area contributed by atoms with E-state index in [2.05, 4.69) is 22.5 Å². The number of pyridine rings is 1. The zero-order valence-electron chi connectivity index (χ0n) is 12.2. The summed E-state index contributed by atoms with van der Waals surface area (Å²) in [6.07, 6.45) is 4.65. The Morgan fingerprint density at radius 3 is 3.15 bits per heavy atom. The van der Waals surface area contributed by atoms with Crippen LogP contribution in [0.3, 0.4) is 0 Å². The predicted molar refractivity (Wildman–Crippen MR) is 78.9 cm³/mol. The third-order valence-electron chi connectivity index (χ3n) is 3.39. The molecule has 1 fully saturated rings. The van der Waals surface area contributed by atoms with E-state index >= 15 is 0 Å². The van der Waals surface area contributed by atoms with E-state index < -0.39 is 0 Å². The molecule has 0 saturated carbocycles. The number of hydrogen-bond acceptors (Lipinski definition) is 4. The standard InChI is InChI=1S/C15H23N3O2/c1-3-6-16-12-4-7-17-14(10-12)15(19)18-13-5-8-20-11(2)9-13/h4,7,10-11,13H,3,5-6,8-9H2,1-2H3,(H,16,17)(H,18,19). The first kappa shape index (κ1) is 14.8. The van der Waals surface area contributed by atoms with Crippen LogP contribution in [0.5, 0.6) is 0 Å². The maximum atomic E-state index is 12.2. The Morgan fingerprint density at radius 2 is 2.40 bits per heavy atom. The maximum Gasteiger partial charge on any atom is 0.270 e. The fourth-order valence-electron chi connectivity index (χ4n) is 2.32. The van der Waals surface area contributed by atoms with E-state index in [0.717, 1.165) is 31.5 Å². The van der Waals surface area contributed by atoms with Crippen molar-refractivity contribution < 1.29 is 9.53 Å². The highest BCUT2D eigenvalue weighted by atomic mass is 16.5. The molecule has 2 N–H and O–H groups in total. The van der Waals surface area contributed by atoms with Crippen LogP contribution in [0, 0.1) is 0 Å². The smallest absolute Gasteiger partial charge is 0.270 e. The molecule has 0 aliphatic carbocycles. The van der Waals surface area contributed by atoms with Crippen LogP contribution < -0.4 is 10.6 Å². The van der Waals surface area contributed by atoms with Crippen LogP contribution in [-0.2, 0) is 4.74 Å². The summed E-state index contributed by atoms with van der Waals surface area (Å²) in [5, 5.41) is 6.30. The van der Waals surface area contributed by atoms with Crippen molar-refractivity contribution >= 4 is 11.6 Å². The summed E-state index contributed by atoms with van der Waals surface area (Å²) < 4.78 is 5.48. The minimum absolute atomic E-state index is 0.107. The number of carbonyl (C=O) groups excluding carboxylic acids is 1. The zero-order chi connectivity index (χ0) is 14.4. The van der Waals surface area contributed by atoms with Crippen LogP contribution in [0.15, 0.2) is 18.3 Å². The minimum atomic E-state index is -0.107. The van der Waals surface area contributed by atoms with Crippen molar-refractivity contribution in [2.75, 3.05) is 18.5 Å². The van der Waals surface area contributed by atoms with Crippen molar-refractivity contribution in [2.45, 2.75) is 45.3 Å². The van der Waals surface area contributed by atoms with Gasteiger partial charge in [-0.3, -0.25) is 9.78 Å². The Balaban J connectivity index is 1.94. The molecule has 2 atom stereocenters. The monoisotopic (exact) mass is 277 g/mol. The van der Waals surface area contributed by atoms with Gasteiger partial charge in [0, 0.05) is 31.1 Å². The third kappa shape index (κ3) is 4.20. The third-order valence-corrected chi connectivity index (χ3v) is 3.39. The Hall–Kier alpha value is -1.62. The topological polar surface area (TPSA) is 63.2 Å². The minimum Gasteiger partial charge on any atom is -0.385 e. The Morgan fingerprint density at radius 1 is 1.55 bits per heavy atom. The van der Waals surface area contributed by atoms with Crippen molar-refractivity contribution in [2.24, 2.45) is 0 Å². The first-order chi connectivity index (χ1) is 9.69. The molecule has 20 heavy (non-hydrogen) atoms. The summed E-state index contributed by atoms with van der Waals surface area (Å²) in [4.78, 5) is 16.4. The molecule has 1 aromatic rings. The molecule has 5 nitrogen and oxygen atoms in total. The Bertz CT molecular complexity index is 450.